The van der Waals surface area contributed by atoms with Crippen molar-refractivity contribution in [3.8, 4) is 0 Å². The van der Waals surface area contributed by atoms with Gasteiger partial charge >= 0.3 is 0 Å². The second kappa shape index (κ2) is 4.19. The lowest BCUT2D eigenvalue weighted by Crippen LogP contribution is -2.38. The lowest BCUT2D eigenvalue weighted by Gasteiger charge is -2.30. The van der Waals surface area contributed by atoms with Crippen LogP contribution in [0.5, 0.6) is 0 Å². The van der Waals surface area contributed by atoms with Crippen molar-refractivity contribution in [3.63, 3.8) is 0 Å². The van der Waals surface area contributed by atoms with Gasteiger partial charge in [0.25, 0.3) is 0 Å². The summed E-state index contributed by atoms with van der Waals surface area (Å²) in [4.78, 5) is 2.66. The van der Waals surface area contributed by atoms with Crippen molar-refractivity contribution in [2.24, 2.45) is 11.0 Å². The van der Waals surface area contributed by atoms with E-state index in [1.54, 1.807) is 6.92 Å². The highest BCUT2D eigenvalue weighted by Gasteiger charge is 2.49. The molecular weight excluding hydrogens is 184 g/mol. The zero-order valence-corrected chi connectivity index (χ0v) is 8.35. The van der Waals surface area contributed by atoms with E-state index in [0.29, 0.717) is 6.42 Å². The summed E-state index contributed by atoms with van der Waals surface area (Å²) >= 11 is 0. The molecule has 0 saturated carbocycles. The van der Waals surface area contributed by atoms with Gasteiger partial charge in [0, 0.05) is 16.8 Å². The molecule has 1 saturated heterocycles. The van der Waals surface area contributed by atoms with Gasteiger partial charge in [0.1, 0.15) is 14.0 Å². The van der Waals surface area contributed by atoms with Crippen LogP contribution in [0.2, 0.25) is 0 Å². The van der Waals surface area contributed by atoms with Crippen LogP contribution in [0, 0.1) is 5.92 Å². The van der Waals surface area contributed by atoms with E-state index in [1.165, 1.54) is 0 Å². The molecule has 1 rings (SSSR count). The van der Waals surface area contributed by atoms with E-state index < -0.39 is 17.8 Å². The van der Waals surface area contributed by atoms with Gasteiger partial charge in [-0.25, -0.2) is 4.39 Å². The van der Waals surface area contributed by atoms with Gasteiger partial charge in [-0.2, -0.15) is 0 Å². The number of halogens is 1. The third-order valence-corrected chi connectivity index (χ3v) is 2.99. The molecule has 1 heterocycles. The Labute approximate surface area is 83.9 Å². The van der Waals surface area contributed by atoms with Gasteiger partial charge in [-0.3, -0.25) is 0 Å². The standard InChI is InChI=1S/C8H13BFN3O/c1-3-8(4-12-13-11)5(2)6(10)7(9)14-8/h5-7H,3-4H2,1-2H3/t5-,6?,7-,8+/m1/s1. The molecule has 1 unspecified atom stereocenters. The number of hydrogen-bond donors (Lipinski definition) is 0. The molecule has 0 bridgehead atoms. The summed E-state index contributed by atoms with van der Waals surface area (Å²) < 4.78 is 18.8. The molecule has 14 heavy (non-hydrogen) atoms. The third kappa shape index (κ3) is 1.72. The molecule has 1 aliphatic rings. The van der Waals surface area contributed by atoms with E-state index in [0.717, 1.165) is 0 Å². The molecule has 0 aromatic rings. The maximum absolute atomic E-state index is 13.4. The number of rotatable bonds is 3. The average molecular weight is 197 g/mol. The molecule has 0 aliphatic carbocycles. The Kier molecular flexibility index (Phi) is 3.40. The zero-order chi connectivity index (χ0) is 10.8. The van der Waals surface area contributed by atoms with Gasteiger partial charge in [0.2, 0.25) is 0 Å². The van der Waals surface area contributed by atoms with Crippen molar-refractivity contribution < 1.29 is 9.13 Å². The number of nitrogens with zero attached hydrogens (tertiary/aromatic N) is 3. The van der Waals surface area contributed by atoms with Crippen molar-refractivity contribution in [2.45, 2.75) is 38.0 Å². The van der Waals surface area contributed by atoms with Crippen molar-refractivity contribution in [3.05, 3.63) is 10.4 Å². The van der Waals surface area contributed by atoms with E-state index in [1.807, 2.05) is 6.92 Å². The SMILES string of the molecule is [B][C@@H]1O[C@@](CC)(CN=[N+]=[N-])[C@H](C)C1F. The highest BCUT2D eigenvalue weighted by atomic mass is 19.1. The van der Waals surface area contributed by atoms with Crippen molar-refractivity contribution in [2.75, 3.05) is 6.54 Å². The second-order valence-corrected chi connectivity index (χ2v) is 3.62. The Balaban J connectivity index is 2.84. The van der Waals surface area contributed by atoms with E-state index >= 15 is 0 Å². The van der Waals surface area contributed by atoms with Gasteiger partial charge in [0.05, 0.1) is 12.1 Å². The molecule has 0 spiro atoms. The van der Waals surface area contributed by atoms with Gasteiger partial charge in [-0.1, -0.05) is 19.0 Å². The molecule has 2 radical (unpaired) electrons. The first kappa shape index (κ1) is 11.3. The monoisotopic (exact) mass is 197 g/mol. The van der Waals surface area contributed by atoms with Gasteiger partial charge in [-0.05, 0) is 12.0 Å². The number of ether oxygens (including phenoxy) is 1. The summed E-state index contributed by atoms with van der Waals surface area (Å²) in [6, 6.07) is -0.904. The fraction of sp³-hybridized carbons (Fsp3) is 1.00. The smallest absolute Gasteiger partial charge is 0.123 e. The minimum absolute atomic E-state index is 0.134. The lowest BCUT2D eigenvalue weighted by atomic mass is 9.82. The molecule has 4 nitrogen and oxygen atoms in total. The predicted octanol–water partition coefficient (Wildman–Crippen LogP) is 1.94. The lowest BCUT2D eigenvalue weighted by molar-refractivity contribution is -0.0267. The summed E-state index contributed by atoms with van der Waals surface area (Å²) in [6.45, 7) is 3.73. The van der Waals surface area contributed by atoms with Crippen LogP contribution in [0.15, 0.2) is 5.11 Å². The van der Waals surface area contributed by atoms with E-state index in [-0.39, 0.29) is 12.5 Å². The number of azide groups is 1. The summed E-state index contributed by atoms with van der Waals surface area (Å²) in [5.74, 6) is -0.340. The van der Waals surface area contributed by atoms with Crippen molar-refractivity contribution in [1.82, 2.24) is 0 Å². The summed E-state index contributed by atoms with van der Waals surface area (Å²) in [5.41, 5.74) is 7.50. The van der Waals surface area contributed by atoms with Crippen LogP contribution >= 0.6 is 0 Å². The van der Waals surface area contributed by atoms with Gasteiger partial charge in [-0.15, -0.1) is 0 Å². The van der Waals surface area contributed by atoms with Gasteiger partial charge in [0.15, 0.2) is 0 Å². The molecule has 1 fully saturated rings. The maximum atomic E-state index is 13.4. The van der Waals surface area contributed by atoms with Crippen LogP contribution in [-0.2, 0) is 4.74 Å². The highest BCUT2D eigenvalue weighted by molar-refractivity contribution is 6.11. The largest absolute Gasteiger partial charge is 0.378 e. The third-order valence-electron chi connectivity index (χ3n) is 2.99. The van der Waals surface area contributed by atoms with Crippen molar-refractivity contribution >= 4 is 7.85 Å². The Hall–Kier alpha value is -0.735. The quantitative estimate of drug-likeness (QED) is 0.295. The summed E-state index contributed by atoms with van der Waals surface area (Å²) in [7, 11) is 5.46. The fourth-order valence-corrected chi connectivity index (χ4v) is 1.87. The molecule has 1 aliphatic heterocycles. The van der Waals surface area contributed by atoms with Gasteiger partial charge < -0.3 is 4.74 Å². The minimum atomic E-state index is -1.19. The maximum Gasteiger partial charge on any atom is 0.123 e. The Morgan fingerprint density at radius 1 is 1.71 bits per heavy atom. The molecule has 0 aromatic heterocycles. The first-order valence-corrected chi connectivity index (χ1v) is 4.65. The molecule has 0 N–H and O–H groups in total. The van der Waals surface area contributed by atoms with E-state index in [9.17, 15) is 4.39 Å². The Morgan fingerprint density at radius 2 is 2.36 bits per heavy atom. The number of hydrogen-bond acceptors (Lipinski definition) is 2. The molecule has 4 atom stereocenters. The molecule has 76 valence electrons. The Bertz CT molecular complexity index is 259. The minimum Gasteiger partial charge on any atom is -0.378 e. The topological polar surface area (TPSA) is 58.0 Å². The van der Waals surface area contributed by atoms with Crippen LogP contribution in [0.1, 0.15) is 20.3 Å². The number of alkyl halides is 1. The zero-order valence-electron chi connectivity index (χ0n) is 8.35. The Morgan fingerprint density at radius 3 is 2.71 bits per heavy atom. The fourth-order valence-electron chi connectivity index (χ4n) is 1.87. The average Bonchev–Trinajstić information content (AvgIpc) is 2.41. The summed E-state index contributed by atoms with van der Waals surface area (Å²) in [5, 5.41) is 3.45. The van der Waals surface area contributed by atoms with E-state index in [2.05, 4.69) is 10.0 Å². The van der Waals surface area contributed by atoms with Crippen LogP contribution < -0.4 is 0 Å². The molecule has 0 aromatic carbocycles. The molecular formula is C8H13BFN3O. The van der Waals surface area contributed by atoms with Crippen LogP contribution in [-0.4, -0.2) is 32.2 Å². The molecule has 6 heteroatoms. The summed E-state index contributed by atoms with van der Waals surface area (Å²) in [6.07, 6.45) is -0.606. The predicted molar refractivity (Wildman–Crippen MR) is 51.7 cm³/mol. The first-order chi connectivity index (χ1) is 6.57. The normalized spacial score (nSPS) is 42.1. The first-order valence-electron chi connectivity index (χ1n) is 4.65. The highest BCUT2D eigenvalue weighted by Crippen LogP contribution is 2.39. The second-order valence-electron chi connectivity index (χ2n) is 3.62. The van der Waals surface area contributed by atoms with Crippen LogP contribution in [0.4, 0.5) is 4.39 Å². The molecule has 0 amide bonds. The van der Waals surface area contributed by atoms with Crippen LogP contribution in [0.3, 0.4) is 0 Å². The van der Waals surface area contributed by atoms with E-state index in [4.69, 9.17) is 18.1 Å². The van der Waals surface area contributed by atoms with Crippen LogP contribution in [0.25, 0.3) is 10.4 Å². The van der Waals surface area contributed by atoms with Crippen molar-refractivity contribution in [1.29, 1.82) is 0 Å².